The van der Waals surface area contributed by atoms with Crippen molar-refractivity contribution >= 4 is 6.29 Å². The van der Waals surface area contributed by atoms with E-state index in [4.69, 9.17) is 6.42 Å². The highest BCUT2D eigenvalue weighted by molar-refractivity contribution is 5.64. The molecule has 0 aliphatic rings. The number of hydrogen-bond acceptors (Lipinski definition) is 1. The lowest BCUT2D eigenvalue weighted by Crippen LogP contribution is -2.05. The van der Waals surface area contributed by atoms with Gasteiger partial charge >= 0.3 is 0 Å². The first-order valence-corrected chi connectivity index (χ1v) is 5.24. The summed E-state index contributed by atoms with van der Waals surface area (Å²) in [6.07, 6.45) is 14.4. The normalized spacial score (nSPS) is 12.8. The van der Waals surface area contributed by atoms with E-state index >= 15 is 0 Å². The van der Waals surface area contributed by atoms with Gasteiger partial charge in [-0.05, 0) is 31.3 Å². The van der Waals surface area contributed by atoms with Crippen molar-refractivity contribution in [1.29, 1.82) is 0 Å². The van der Waals surface area contributed by atoms with Gasteiger partial charge in [-0.25, -0.2) is 0 Å². The van der Waals surface area contributed by atoms with Crippen LogP contribution in [-0.4, -0.2) is 6.29 Å². The lowest BCUT2D eigenvalue weighted by atomic mass is 9.88. The van der Waals surface area contributed by atoms with E-state index in [0.717, 1.165) is 25.5 Å². The van der Waals surface area contributed by atoms with E-state index in [2.05, 4.69) is 32.8 Å². The van der Waals surface area contributed by atoms with E-state index < -0.39 is 0 Å². The SMILES string of the molecule is C#CCC/C(C)=C/CC(C)(C)/C=C/C=O. The van der Waals surface area contributed by atoms with Gasteiger partial charge in [0.2, 0.25) is 0 Å². The van der Waals surface area contributed by atoms with Gasteiger partial charge in [0.1, 0.15) is 6.29 Å². The summed E-state index contributed by atoms with van der Waals surface area (Å²) in [6, 6.07) is 0. The quantitative estimate of drug-likeness (QED) is 0.280. The monoisotopic (exact) mass is 204 g/mol. The van der Waals surface area contributed by atoms with Gasteiger partial charge in [0, 0.05) is 6.42 Å². The molecule has 0 saturated carbocycles. The lowest BCUT2D eigenvalue weighted by molar-refractivity contribution is -0.104. The van der Waals surface area contributed by atoms with Crippen LogP contribution in [-0.2, 0) is 4.79 Å². The van der Waals surface area contributed by atoms with Gasteiger partial charge < -0.3 is 0 Å². The molecule has 1 heteroatoms. The smallest absolute Gasteiger partial charge is 0.142 e. The second kappa shape index (κ2) is 7.06. The Kier molecular flexibility index (Phi) is 6.45. The highest BCUT2D eigenvalue weighted by Gasteiger charge is 2.11. The lowest BCUT2D eigenvalue weighted by Gasteiger charge is -2.17. The minimum Gasteiger partial charge on any atom is -0.299 e. The van der Waals surface area contributed by atoms with Gasteiger partial charge in [0.25, 0.3) is 0 Å². The second-order valence-electron chi connectivity index (χ2n) is 4.44. The van der Waals surface area contributed by atoms with E-state index in [9.17, 15) is 4.79 Å². The molecule has 1 nitrogen and oxygen atoms in total. The Balaban J connectivity index is 4.17. The van der Waals surface area contributed by atoms with Crippen molar-refractivity contribution in [2.45, 2.75) is 40.0 Å². The molecule has 0 aromatic rings. The predicted octanol–water partition coefficient (Wildman–Crippen LogP) is 3.52. The topological polar surface area (TPSA) is 17.1 Å². The summed E-state index contributed by atoms with van der Waals surface area (Å²) in [5, 5.41) is 0. The molecule has 0 saturated heterocycles. The van der Waals surface area contributed by atoms with E-state index in [1.165, 1.54) is 5.57 Å². The molecule has 0 atom stereocenters. The fraction of sp³-hybridized carbons (Fsp3) is 0.500. The number of rotatable bonds is 6. The van der Waals surface area contributed by atoms with Crippen LogP contribution in [0.5, 0.6) is 0 Å². The van der Waals surface area contributed by atoms with Crippen LogP contribution in [0, 0.1) is 17.8 Å². The van der Waals surface area contributed by atoms with Crippen LogP contribution in [0.25, 0.3) is 0 Å². The third-order valence-electron chi connectivity index (χ3n) is 2.27. The Labute approximate surface area is 93.3 Å². The summed E-state index contributed by atoms with van der Waals surface area (Å²) in [5.41, 5.74) is 1.36. The summed E-state index contributed by atoms with van der Waals surface area (Å²) >= 11 is 0. The van der Waals surface area contributed by atoms with Gasteiger partial charge in [-0.2, -0.15) is 0 Å². The molecule has 0 amide bonds. The molecule has 0 radical (unpaired) electrons. The van der Waals surface area contributed by atoms with Crippen molar-refractivity contribution in [1.82, 2.24) is 0 Å². The van der Waals surface area contributed by atoms with Gasteiger partial charge in [-0.3, -0.25) is 4.79 Å². The zero-order valence-corrected chi connectivity index (χ0v) is 9.92. The largest absolute Gasteiger partial charge is 0.299 e. The Morgan fingerprint density at radius 1 is 1.47 bits per heavy atom. The zero-order valence-electron chi connectivity index (χ0n) is 9.92. The standard InChI is InChI=1S/C14H20O/c1-5-6-8-13(2)9-11-14(3,4)10-7-12-15/h1,7,9-10,12H,6,8,11H2,2-4H3/b10-7+,13-9+. The van der Waals surface area contributed by atoms with Crippen molar-refractivity contribution in [2.75, 3.05) is 0 Å². The molecule has 0 spiro atoms. The Morgan fingerprint density at radius 3 is 2.67 bits per heavy atom. The van der Waals surface area contributed by atoms with E-state index in [1.54, 1.807) is 6.08 Å². The molecular formula is C14H20O. The number of terminal acetylenes is 1. The van der Waals surface area contributed by atoms with Crippen molar-refractivity contribution in [3.05, 3.63) is 23.8 Å². The predicted molar refractivity (Wildman–Crippen MR) is 65.4 cm³/mol. The second-order valence-corrected chi connectivity index (χ2v) is 4.44. The van der Waals surface area contributed by atoms with Crippen LogP contribution in [0.15, 0.2) is 23.8 Å². The van der Waals surface area contributed by atoms with Crippen LogP contribution in [0.1, 0.15) is 40.0 Å². The average Bonchev–Trinajstić information content (AvgIpc) is 2.21. The molecule has 15 heavy (non-hydrogen) atoms. The summed E-state index contributed by atoms with van der Waals surface area (Å²) in [5.74, 6) is 2.63. The third kappa shape index (κ3) is 7.76. The minimum atomic E-state index is 0.0400. The van der Waals surface area contributed by atoms with Crippen LogP contribution < -0.4 is 0 Å². The molecule has 0 bridgehead atoms. The van der Waals surface area contributed by atoms with Crippen molar-refractivity contribution in [3.63, 3.8) is 0 Å². The molecule has 82 valence electrons. The Morgan fingerprint density at radius 2 is 2.13 bits per heavy atom. The average molecular weight is 204 g/mol. The van der Waals surface area contributed by atoms with E-state index in [-0.39, 0.29) is 5.41 Å². The maximum absolute atomic E-state index is 10.2. The summed E-state index contributed by atoms with van der Waals surface area (Å²) < 4.78 is 0. The highest BCUT2D eigenvalue weighted by atomic mass is 16.1. The van der Waals surface area contributed by atoms with Crippen LogP contribution in [0.4, 0.5) is 0 Å². The maximum Gasteiger partial charge on any atom is 0.142 e. The van der Waals surface area contributed by atoms with Gasteiger partial charge in [0.05, 0.1) is 0 Å². The molecule has 0 heterocycles. The highest BCUT2D eigenvalue weighted by Crippen LogP contribution is 2.23. The molecule has 0 aliphatic carbocycles. The third-order valence-corrected chi connectivity index (χ3v) is 2.27. The first kappa shape index (κ1) is 13.7. The van der Waals surface area contributed by atoms with Gasteiger partial charge in [0.15, 0.2) is 0 Å². The molecule has 0 rings (SSSR count). The molecular weight excluding hydrogens is 184 g/mol. The molecule has 0 N–H and O–H groups in total. The van der Waals surface area contributed by atoms with Crippen molar-refractivity contribution < 1.29 is 4.79 Å². The molecule has 0 aromatic heterocycles. The van der Waals surface area contributed by atoms with Crippen LogP contribution >= 0.6 is 0 Å². The minimum absolute atomic E-state index is 0.0400. The number of carbonyl (C=O) groups is 1. The van der Waals surface area contributed by atoms with Gasteiger partial charge in [-0.15, -0.1) is 12.3 Å². The van der Waals surface area contributed by atoms with Crippen LogP contribution in [0.3, 0.4) is 0 Å². The number of hydrogen-bond donors (Lipinski definition) is 0. The summed E-state index contributed by atoms with van der Waals surface area (Å²) in [4.78, 5) is 10.2. The number of allylic oxidation sites excluding steroid dienone is 4. The number of aldehydes is 1. The Hall–Kier alpha value is -1.29. The Bertz CT molecular complexity index is 287. The van der Waals surface area contributed by atoms with Gasteiger partial charge in [-0.1, -0.05) is 31.6 Å². The first-order valence-electron chi connectivity index (χ1n) is 5.24. The molecule has 0 aromatic carbocycles. The fourth-order valence-corrected chi connectivity index (χ4v) is 1.18. The maximum atomic E-state index is 10.2. The van der Waals surface area contributed by atoms with E-state index in [0.29, 0.717) is 0 Å². The zero-order chi connectivity index (χ0) is 11.7. The van der Waals surface area contributed by atoms with E-state index in [1.807, 2.05) is 6.08 Å². The molecule has 0 unspecified atom stereocenters. The fourth-order valence-electron chi connectivity index (χ4n) is 1.18. The molecule has 0 fully saturated rings. The summed E-state index contributed by atoms with van der Waals surface area (Å²) in [7, 11) is 0. The van der Waals surface area contributed by atoms with Crippen molar-refractivity contribution in [2.24, 2.45) is 5.41 Å². The van der Waals surface area contributed by atoms with Crippen molar-refractivity contribution in [3.8, 4) is 12.3 Å². The number of carbonyl (C=O) groups excluding carboxylic acids is 1. The summed E-state index contributed by atoms with van der Waals surface area (Å²) in [6.45, 7) is 6.31. The first-order chi connectivity index (χ1) is 7.02. The van der Waals surface area contributed by atoms with Crippen LogP contribution in [0.2, 0.25) is 0 Å². The molecule has 0 aliphatic heterocycles.